The number of aryl methyl sites for hydroxylation is 1. The normalized spacial score (nSPS) is 20.2. The fraction of sp³-hybridized carbons (Fsp3) is 0.389. The molecule has 0 saturated heterocycles. The van der Waals surface area contributed by atoms with E-state index in [2.05, 4.69) is 30.6 Å². The molecule has 1 saturated carbocycles. The summed E-state index contributed by atoms with van der Waals surface area (Å²) in [7, 11) is 6.04. The number of nitrogens with one attached hydrogen (secondary N) is 3. The van der Waals surface area contributed by atoms with Gasteiger partial charge >= 0.3 is 0 Å². The first-order valence-corrected chi connectivity index (χ1v) is 8.88. The molecule has 1 aliphatic carbocycles. The highest BCUT2D eigenvalue weighted by Crippen LogP contribution is 2.22. The number of imidazole rings is 1. The molecule has 0 unspecified atom stereocenters. The number of aliphatic hydroxyl groups excluding tert-OH is 1. The summed E-state index contributed by atoms with van der Waals surface area (Å²) in [6.07, 6.45) is 5.01. The van der Waals surface area contributed by atoms with Crippen LogP contribution in [0, 0.1) is 6.92 Å². The summed E-state index contributed by atoms with van der Waals surface area (Å²) in [5, 5.41) is 16.2. The van der Waals surface area contributed by atoms with E-state index >= 15 is 0 Å². The van der Waals surface area contributed by atoms with Crippen molar-refractivity contribution in [3.8, 4) is 0 Å². The monoisotopic (exact) mass is 348 g/mol. The minimum atomic E-state index is -0.176. The third-order valence-electron chi connectivity index (χ3n) is 4.82. The van der Waals surface area contributed by atoms with Crippen LogP contribution < -0.4 is 16.1 Å². The van der Waals surface area contributed by atoms with Crippen LogP contribution in [0.2, 0.25) is 0 Å². The van der Waals surface area contributed by atoms with Crippen LogP contribution >= 0.6 is 0 Å². The number of aromatic nitrogens is 4. The summed E-state index contributed by atoms with van der Waals surface area (Å²) in [6, 6.07) is 6.05. The lowest BCUT2D eigenvalue weighted by molar-refractivity contribution is 0.126. The Hall–Kier alpha value is -2.61. The Morgan fingerprint density at radius 3 is 2.77 bits per heavy atom. The number of anilines is 3. The van der Waals surface area contributed by atoms with Gasteiger partial charge in [0.1, 0.15) is 13.4 Å². The van der Waals surface area contributed by atoms with Gasteiger partial charge in [0.25, 0.3) is 0 Å². The van der Waals surface area contributed by atoms with E-state index in [4.69, 9.17) is 7.85 Å². The fourth-order valence-corrected chi connectivity index (χ4v) is 3.32. The molecule has 8 heteroatoms. The van der Waals surface area contributed by atoms with Crippen molar-refractivity contribution in [2.45, 2.75) is 44.8 Å². The molecular formula is C18H21BN6O. The van der Waals surface area contributed by atoms with Gasteiger partial charge in [-0.05, 0) is 38.2 Å². The average Bonchev–Trinajstić information content (AvgIpc) is 3.02. The zero-order valence-corrected chi connectivity index (χ0v) is 14.7. The molecule has 7 nitrogen and oxygen atoms in total. The lowest BCUT2D eigenvalue weighted by atomic mass is 9.92. The van der Waals surface area contributed by atoms with Gasteiger partial charge in [-0.25, -0.2) is 4.98 Å². The van der Waals surface area contributed by atoms with Crippen LogP contribution in [0.3, 0.4) is 0 Å². The number of nitrogens with zero attached hydrogens (tertiary/aromatic N) is 3. The van der Waals surface area contributed by atoms with Crippen molar-refractivity contribution in [3.05, 3.63) is 30.0 Å². The van der Waals surface area contributed by atoms with Crippen LogP contribution in [0.5, 0.6) is 0 Å². The van der Waals surface area contributed by atoms with Crippen LogP contribution in [0.4, 0.5) is 17.6 Å². The van der Waals surface area contributed by atoms with Crippen molar-refractivity contribution in [1.82, 2.24) is 19.9 Å². The van der Waals surface area contributed by atoms with Gasteiger partial charge in [-0.15, -0.1) is 0 Å². The molecule has 2 aromatic heterocycles. The second-order valence-corrected chi connectivity index (χ2v) is 6.83. The number of rotatable bonds is 4. The van der Waals surface area contributed by atoms with Gasteiger partial charge in [-0.2, -0.15) is 9.97 Å². The third kappa shape index (κ3) is 3.50. The predicted octanol–water partition coefficient (Wildman–Crippen LogP) is 1.91. The van der Waals surface area contributed by atoms with Crippen molar-refractivity contribution >= 4 is 42.1 Å². The molecule has 1 fully saturated rings. The summed E-state index contributed by atoms with van der Waals surface area (Å²) in [5.41, 5.74) is 3.88. The highest BCUT2D eigenvalue weighted by atomic mass is 16.3. The van der Waals surface area contributed by atoms with Crippen LogP contribution in [-0.4, -0.2) is 45.0 Å². The van der Waals surface area contributed by atoms with Crippen LogP contribution in [-0.2, 0) is 0 Å². The van der Waals surface area contributed by atoms with Gasteiger partial charge in [-0.1, -0.05) is 23.7 Å². The second kappa shape index (κ2) is 6.95. The number of benzene rings is 1. The van der Waals surface area contributed by atoms with Gasteiger partial charge in [-0.3, -0.25) is 0 Å². The van der Waals surface area contributed by atoms with Crippen molar-refractivity contribution in [2.24, 2.45) is 0 Å². The topological polar surface area (TPSA) is 98.8 Å². The van der Waals surface area contributed by atoms with E-state index in [0.717, 1.165) is 42.5 Å². The number of aliphatic hydroxyl groups is 1. The first kappa shape index (κ1) is 16.8. The summed E-state index contributed by atoms with van der Waals surface area (Å²) in [6.45, 7) is 1.99. The fourth-order valence-electron chi connectivity index (χ4n) is 3.32. The Morgan fingerprint density at radius 1 is 1.19 bits per heavy atom. The molecule has 1 aliphatic rings. The Kier molecular flexibility index (Phi) is 4.50. The standard InChI is InChI=1S/C18H21BN6O/c1-10-3-2-4-13(19)15(10)23-18-22-14-9-20-17(24-16(14)25-18)21-11-5-7-12(26)8-6-11/h2-4,9,11-12,26H,5-8H2,1H3,(H3,20,21,22,23,24,25). The quantitative estimate of drug-likeness (QED) is 0.538. The van der Waals surface area contributed by atoms with Crippen LogP contribution in [0.1, 0.15) is 31.2 Å². The molecule has 0 aliphatic heterocycles. The smallest absolute Gasteiger partial charge is 0.225 e. The molecule has 3 aromatic rings. The first-order chi connectivity index (χ1) is 12.6. The van der Waals surface area contributed by atoms with E-state index in [0.29, 0.717) is 29.0 Å². The Labute approximate surface area is 153 Å². The van der Waals surface area contributed by atoms with Crippen molar-refractivity contribution < 1.29 is 5.11 Å². The Bertz CT molecular complexity index is 899. The maximum atomic E-state index is 9.61. The predicted molar refractivity (Wildman–Crippen MR) is 103 cm³/mol. The number of hydrogen-bond donors (Lipinski definition) is 4. The lowest BCUT2D eigenvalue weighted by Gasteiger charge is -2.25. The zero-order valence-electron chi connectivity index (χ0n) is 14.7. The Morgan fingerprint density at radius 2 is 2.00 bits per heavy atom. The van der Waals surface area contributed by atoms with Crippen molar-refractivity contribution in [3.63, 3.8) is 0 Å². The maximum absolute atomic E-state index is 9.61. The maximum Gasteiger partial charge on any atom is 0.225 e. The van der Waals surface area contributed by atoms with E-state index in [1.54, 1.807) is 6.20 Å². The molecule has 2 radical (unpaired) electrons. The number of aromatic amines is 1. The van der Waals surface area contributed by atoms with E-state index in [1.165, 1.54) is 0 Å². The van der Waals surface area contributed by atoms with Gasteiger partial charge in [0.2, 0.25) is 11.9 Å². The molecule has 4 rings (SSSR count). The summed E-state index contributed by atoms with van der Waals surface area (Å²) in [4.78, 5) is 16.5. The SMILES string of the molecule is [B]c1cccc(C)c1Nc1nc2nc(NC3CCC(O)CC3)ncc2[nH]1. The van der Waals surface area contributed by atoms with E-state index in [-0.39, 0.29) is 6.10 Å². The molecule has 0 atom stereocenters. The van der Waals surface area contributed by atoms with E-state index in [9.17, 15) is 5.11 Å². The first-order valence-electron chi connectivity index (χ1n) is 8.88. The van der Waals surface area contributed by atoms with Crippen molar-refractivity contribution in [2.75, 3.05) is 10.6 Å². The number of para-hydroxylation sites is 1. The molecule has 2 heterocycles. The highest BCUT2D eigenvalue weighted by Gasteiger charge is 2.20. The molecule has 26 heavy (non-hydrogen) atoms. The molecule has 0 spiro atoms. The summed E-state index contributed by atoms with van der Waals surface area (Å²) >= 11 is 0. The van der Waals surface area contributed by atoms with E-state index in [1.807, 2.05) is 25.1 Å². The van der Waals surface area contributed by atoms with Gasteiger partial charge < -0.3 is 20.7 Å². The zero-order chi connectivity index (χ0) is 18.1. The Balaban J connectivity index is 1.52. The van der Waals surface area contributed by atoms with Crippen LogP contribution in [0.15, 0.2) is 24.4 Å². The molecular weight excluding hydrogens is 327 g/mol. The summed E-state index contributed by atoms with van der Waals surface area (Å²) < 4.78 is 0. The minimum absolute atomic E-state index is 0.176. The largest absolute Gasteiger partial charge is 0.393 e. The average molecular weight is 348 g/mol. The minimum Gasteiger partial charge on any atom is -0.393 e. The van der Waals surface area contributed by atoms with Gasteiger partial charge in [0.15, 0.2) is 5.65 Å². The molecule has 1 aromatic carbocycles. The van der Waals surface area contributed by atoms with Gasteiger partial charge in [0.05, 0.1) is 12.3 Å². The molecule has 132 valence electrons. The summed E-state index contributed by atoms with van der Waals surface area (Å²) in [5.74, 6) is 1.14. The molecule has 0 bridgehead atoms. The van der Waals surface area contributed by atoms with Gasteiger partial charge in [0, 0.05) is 11.7 Å². The lowest BCUT2D eigenvalue weighted by Crippen LogP contribution is -2.28. The van der Waals surface area contributed by atoms with Crippen LogP contribution in [0.25, 0.3) is 11.2 Å². The highest BCUT2D eigenvalue weighted by molar-refractivity contribution is 6.36. The second-order valence-electron chi connectivity index (χ2n) is 6.83. The number of hydrogen-bond acceptors (Lipinski definition) is 6. The number of H-pyrrole nitrogens is 1. The molecule has 0 amide bonds. The van der Waals surface area contributed by atoms with Crippen molar-refractivity contribution in [1.29, 1.82) is 0 Å². The van der Waals surface area contributed by atoms with E-state index < -0.39 is 0 Å². The third-order valence-corrected chi connectivity index (χ3v) is 4.82. The number of fused-ring (bicyclic) bond motifs is 1. The molecule has 4 N–H and O–H groups in total.